The third-order valence-electron chi connectivity index (χ3n) is 4.69. The van der Waals surface area contributed by atoms with Gasteiger partial charge >= 0.3 is 0 Å². The minimum atomic E-state index is -1.42. The van der Waals surface area contributed by atoms with E-state index in [0.29, 0.717) is 16.7 Å². The van der Waals surface area contributed by atoms with E-state index in [1.54, 1.807) is 24.3 Å². The minimum Gasteiger partial charge on any atom is -0.363 e. The Bertz CT molecular complexity index is 924. The molecule has 3 aromatic rings. The number of Topliss-reactive ketones (excluding diaryl/α,β-unsaturated/α-hetero) is 2. The number of hydrogen-bond acceptors (Lipinski definition) is 3. The average Bonchev–Trinajstić information content (AvgIpc) is 2.87. The SMILES string of the molecule is Cc1ccc(NC2(c3ccccc3)C(=O)c3ccccc3C2=O)cc1. The summed E-state index contributed by atoms with van der Waals surface area (Å²) in [6.45, 7) is 2.00. The van der Waals surface area contributed by atoms with Crippen LogP contribution in [0.4, 0.5) is 5.69 Å². The lowest BCUT2D eigenvalue weighted by Gasteiger charge is -2.29. The number of carbonyl (C=O) groups excluding carboxylic acids is 2. The van der Waals surface area contributed by atoms with Gasteiger partial charge < -0.3 is 5.32 Å². The second-order valence-electron chi connectivity index (χ2n) is 6.31. The Morgan fingerprint density at radius 3 is 1.76 bits per heavy atom. The van der Waals surface area contributed by atoms with Crippen molar-refractivity contribution in [2.24, 2.45) is 0 Å². The van der Waals surface area contributed by atoms with Gasteiger partial charge in [-0.3, -0.25) is 9.59 Å². The molecule has 1 aliphatic carbocycles. The van der Waals surface area contributed by atoms with Gasteiger partial charge in [-0.25, -0.2) is 0 Å². The van der Waals surface area contributed by atoms with Crippen LogP contribution in [0, 0.1) is 6.92 Å². The molecule has 0 amide bonds. The van der Waals surface area contributed by atoms with E-state index in [4.69, 9.17) is 0 Å². The number of anilines is 1. The Hall–Kier alpha value is -3.20. The zero-order valence-electron chi connectivity index (χ0n) is 13.8. The van der Waals surface area contributed by atoms with Crippen molar-refractivity contribution in [3.05, 3.63) is 101 Å². The average molecular weight is 327 g/mol. The minimum absolute atomic E-state index is 0.208. The molecule has 122 valence electrons. The number of nitrogens with one attached hydrogen (secondary N) is 1. The van der Waals surface area contributed by atoms with Crippen LogP contribution in [0.2, 0.25) is 0 Å². The van der Waals surface area contributed by atoms with Crippen LogP contribution in [0.1, 0.15) is 31.8 Å². The molecule has 0 spiro atoms. The van der Waals surface area contributed by atoms with Crippen LogP contribution < -0.4 is 5.32 Å². The number of fused-ring (bicyclic) bond motifs is 1. The van der Waals surface area contributed by atoms with Crippen molar-refractivity contribution in [3.63, 3.8) is 0 Å². The molecule has 3 nitrogen and oxygen atoms in total. The summed E-state index contributed by atoms with van der Waals surface area (Å²) in [5, 5.41) is 3.25. The van der Waals surface area contributed by atoms with E-state index in [1.807, 2.05) is 61.5 Å². The van der Waals surface area contributed by atoms with Crippen LogP contribution in [0.3, 0.4) is 0 Å². The monoisotopic (exact) mass is 327 g/mol. The van der Waals surface area contributed by atoms with E-state index in [9.17, 15) is 9.59 Å². The fourth-order valence-corrected chi connectivity index (χ4v) is 3.38. The second kappa shape index (κ2) is 5.71. The predicted octanol–water partition coefficient (Wildman–Crippen LogP) is 4.38. The predicted molar refractivity (Wildman–Crippen MR) is 98.0 cm³/mol. The molecule has 25 heavy (non-hydrogen) atoms. The molecule has 3 aromatic carbocycles. The summed E-state index contributed by atoms with van der Waals surface area (Å²) in [6, 6.07) is 23.9. The highest BCUT2D eigenvalue weighted by atomic mass is 16.2. The maximum absolute atomic E-state index is 13.3. The molecule has 0 aliphatic heterocycles. The van der Waals surface area contributed by atoms with Crippen LogP contribution in [0.15, 0.2) is 78.9 Å². The third kappa shape index (κ3) is 2.28. The first-order chi connectivity index (χ1) is 12.1. The Labute approximate surface area is 146 Å². The summed E-state index contributed by atoms with van der Waals surface area (Å²) < 4.78 is 0. The van der Waals surface area contributed by atoms with Crippen molar-refractivity contribution in [3.8, 4) is 0 Å². The van der Waals surface area contributed by atoms with E-state index < -0.39 is 5.54 Å². The molecule has 0 saturated heterocycles. The quantitative estimate of drug-likeness (QED) is 0.726. The van der Waals surface area contributed by atoms with E-state index in [0.717, 1.165) is 11.3 Å². The number of benzene rings is 3. The number of hydrogen-bond donors (Lipinski definition) is 1. The Morgan fingerprint density at radius 1 is 0.680 bits per heavy atom. The fourth-order valence-electron chi connectivity index (χ4n) is 3.38. The normalized spacial score (nSPS) is 15.1. The molecule has 0 radical (unpaired) electrons. The smallest absolute Gasteiger partial charge is 0.201 e. The number of ketones is 2. The van der Waals surface area contributed by atoms with Gasteiger partial charge in [0.25, 0.3) is 0 Å². The van der Waals surface area contributed by atoms with E-state index in [1.165, 1.54) is 0 Å². The van der Waals surface area contributed by atoms with Crippen molar-refractivity contribution in [2.45, 2.75) is 12.5 Å². The molecule has 0 fully saturated rings. The first-order valence-electron chi connectivity index (χ1n) is 8.22. The fraction of sp³-hybridized carbons (Fsp3) is 0.0909. The van der Waals surface area contributed by atoms with Gasteiger partial charge in [0.15, 0.2) is 5.54 Å². The van der Waals surface area contributed by atoms with Crippen LogP contribution in [0.5, 0.6) is 0 Å². The van der Waals surface area contributed by atoms with Gasteiger partial charge in [-0.05, 0) is 24.6 Å². The molecule has 3 heteroatoms. The number of carbonyl (C=O) groups is 2. The summed E-state index contributed by atoms with van der Waals surface area (Å²) in [4.78, 5) is 26.6. The maximum atomic E-state index is 13.3. The van der Waals surface area contributed by atoms with Crippen LogP contribution in [-0.2, 0) is 5.54 Å². The molecule has 0 bridgehead atoms. The van der Waals surface area contributed by atoms with Gasteiger partial charge in [0.05, 0.1) is 0 Å². The standard InChI is InChI=1S/C22H17NO2/c1-15-11-13-17(14-12-15)23-22(16-7-3-2-4-8-16)20(24)18-9-5-6-10-19(18)21(22)25/h2-14,23H,1H3. The summed E-state index contributed by atoms with van der Waals surface area (Å²) in [5.41, 5.74) is 2.03. The molecule has 0 unspecified atom stereocenters. The highest BCUT2D eigenvalue weighted by Gasteiger charge is 2.54. The number of rotatable bonds is 3. The molecule has 0 heterocycles. The molecule has 0 aromatic heterocycles. The van der Waals surface area contributed by atoms with Gasteiger partial charge in [0.2, 0.25) is 11.6 Å². The lowest BCUT2D eigenvalue weighted by Crippen LogP contribution is -2.46. The number of aryl methyl sites for hydroxylation is 1. The molecule has 0 atom stereocenters. The van der Waals surface area contributed by atoms with Gasteiger partial charge in [-0.1, -0.05) is 72.3 Å². The van der Waals surface area contributed by atoms with Gasteiger partial charge in [0, 0.05) is 16.8 Å². The lowest BCUT2D eigenvalue weighted by atomic mass is 9.84. The van der Waals surface area contributed by atoms with E-state index >= 15 is 0 Å². The Morgan fingerprint density at radius 2 is 1.20 bits per heavy atom. The van der Waals surface area contributed by atoms with Crippen molar-refractivity contribution in [1.82, 2.24) is 0 Å². The lowest BCUT2D eigenvalue weighted by molar-refractivity contribution is 0.0819. The summed E-state index contributed by atoms with van der Waals surface area (Å²) >= 11 is 0. The summed E-state index contributed by atoms with van der Waals surface area (Å²) in [5.74, 6) is -0.417. The molecule has 1 aliphatic rings. The zero-order valence-corrected chi connectivity index (χ0v) is 13.8. The highest BCUT2D eigenvalue weighted by Crippen LogP contribution is 2.40. The van der Waals surface area contributed by atoms with Crippen LogP contribution in [0.25, 0.3) is 0 Å². The van der Waals surface area contributed by atoms with Crippen molar-refractivity contribution in [1.29, 1.82) is 0 Å². The molecular formula is C22H17NO2. The first kappa shape index (κ1) is 15.3. The van der Waals surface area contributed by atoms with Crippen molar-refractivity contribution < 1.29 is 9.59 Å². The summed E-state index contributed by atoms with van der Waals surface area (Å²) in [7, 11) is 0. The largest absolute Gasteiger partial charge is 0.363 e. The van der Waals surface area contributed by atoms with Crippen LogP contribution >= 0.6 is 0 Å². The third-order valence-corrected chi connectivity index (χ3v) is 4.69. The summed E-state index contributed by atoms with van der Waals surface area (Å²) in [6.07, 6.45) is 0. The van der Waals surface area contributed by atoms with Gasteiger partial charge in [-0.15, -0.1) is 0 Å². The van der Waals surface area contributed by atoms with Gasteiger partial charge in [-0.2, -0.15) is 0 Å². The van der Waals surface area contributed by atoms with Gasteiger partial charge in [0.1, 0.15) is 0 Å². The highest BCUT2D eigenvalue weighted by molar-refractivity contribution is 6.34. The molecular weight excluding hydrogens is 310 g/mol. The second-order valence-corrected chi connectivity index (χ2v) is 6.31. The first-order valence-corrected chi connectivity index (χ1v) is 8.22. The molecule has 4 rings (SSSR count). The van der Waals surface area contributed by atoms with E-state index in [2.05, 4.69) is 5.32 Å². The topological polar surface area (TPSA) is 46.2 Å². The molecule has 0 saturated carbocycles. The van der Waals surface area contributed by atoms with Crippen molar-refractivity contribution >= 4 is 17.3 Å². The Kier molecular flexibility index (Phi) is 3.50. The maximum Gasteiger partial charge on any atom is 0.201 e. The zero-order chi connectivity index (χ0) is 17.4. The van der Waals surface area contributed by atoms with Crippen molar-refractivity contribution in [2.75, 3.05) is 5.32 Å². The van der Waals surface area contributed by atoms with E-state index in [-0.39, 0.29) is 11.6 Å². The molecule has 1 N–H and O–H groups in total. The Balaban J connectivity index is 1.91. The van der Waals surface area contributed by atoms with Crippen LogP contribution in [-0.4, -0.2) is 11.6 Å².